The van der Waals surface area contributed by atoms with E-state index in [2.05, 4.69) is 0 Å². The highest BCUT2D eigenvalue weighted by Gasteiger charge is 2.33. The normalized spacial score (nSPS) is 22.0. The van der Waals surface area contributed by atoms with Crippen LogP contribution in [0.5, 0.6) is 0 Å². The highest BCUT2D eigenvalue weighted by molar-refractivity contribution is 5.94. The van der Waals surface area contributed by atoms with Gasteiger partial charge in [0.2, 0.25) is 0 Å². The minimum absolute atomic E-state index is 0. The molecule has 2 fully saturated rings. The lowest BCUT2D eigenvalue weighted by atomic mass is 9.85. The van der Waals surface area contributed by atoms with Crippen molar-refractivity contribution in [3.8, 4) is 0 Å². The average molecular weight is 437 g/mol. The zero-order chi connectivity index (χ0) is 21.0. The van der Waals surface area contributed by atoms with E-state index >= 15 is 0 Å². The fourth-order valence-electron chi connectivity index (χ4n) is 4.58. The highest BCUT2D eigenvalue weighted by atomic mass is 35.5. The van der Waals surface area contributed by atoms with Crippen molar-refractivity contribution in [1.29, 1.82) is 5.41 Å². The molecule has 1 heterocycles. The summed E-state index contributed by atoms with van der Waals surface area (Å²) in [4.78, 5) is 28.5. The molecule has 1 saturated carbocycles. The molecular formula is C22H33ClN4O3. The molecule has 0 unspecified atom stereocenters. The Morgan fingerprint density at radius 1 is 1.07 bits per heavy atom. The summed E-state index contributed by atoms with van der Waals surface area (Å²) in [5.41, 5.74) is 7.51. The van der Waals surface area contributed by atoms with Gasteiger partial charge in [0.25, 0.3) is 0 Å². The summed E-state index contributed by atoms with van der Waals surface area (Å²) in [6.07, 6.45) is 5.14. The van der Waals surface area contributed by atoms with E-state index < -0.39 is 0 Å². The number of nitrogens with two attached hydrogens (primary N) is 1. The van der Waals surface area contributed by atoms with E-state index in [4.69, 9.17) is 15.9 Å². The summed E-state index contributed by atoms with van der Waals surface area (Å²) in [5.74, 6) is 0.363. The van der Waals surface area contributed by atoms with Crippen molar-refractivity contribution in [2.24, 2.45) is 11.7 Å². The van der Waals surface area contributed by atoms with Gasteiger partial charge in [-0.25, -0.2) is 4.79 Å². The monoisotopic (exact) mass is 436 g/mol. The zero-order valence-electron chi connectivity index (χ0n) is 17.8. The fourth-order valence-corrected chi connectivity index (χ4v) is 4.58. The Morgan fingerprint density at radius 3 is 2.13 bits per heavy atom. The van der Waals surface area contributed by atoms with Crippen LogP contribution in [0.2, 0.25) is 0 Å². The van der Waals surface area contributed by atoms with Gasteiger partial charge < -0.3 is 20.3 Å². The van der Waals surface area contributed by atoms with Gasteiger partial charge >= 0.3 is 12.0 Å². The second kappa shape index (κ2) is 10.7. The third kappa shape index (κ3) is 5.45. The summed E-state index contributed by atoms with van der Waals surface area (Å²) >= 11 is 0. The molecule has 1 aliphatic heterocycles. The maximum atomic E-state index is 13.0. The first-order valence-corrected chi connectivity index (χ1v) is 10.4. The molecular weight excluding hydrogens is 404 g/mol. The van der Waals surface area contributed by atoms with Crippen LogP contribution < -0.4 is 5.73 Å². The number of hydrogen-bond donors (Lipinski definition) is 2. The Bertz CT molecular complexity index is 739. The molecule has 1 aliphatic carbocycles. The van der Waals surface area contributed by atoms with Crippen LogP contribution in [-0.2, 0) is 9.53 Å². The van der Waals surface area contributed by atoms with E-state index in [9.17, 15) is 9.59 Å². The Kier molecular flexibility index (Phi) is 8.53. The van der Waals surface area contributed by atoms with E-state index in [1.165, 1.54) is 12.7 Å². The van der Waals surface area contributed by atoms with Crippen molar-refractivity contribution >= 4 is 30.2 Å². The number of esters is 1. The lowest BCUT2D eigenvalue weighted by Crippen LogP contribution is -2.49. The number of methoxy groups -OCH3 is 1. The minimum atomic E-state index is -0.129. The molecule has 1 saturated heterocycles. The summed E-state index contributed by atoms with van der Waals surface area (Å²) < 4.78 is 4.85. The van der Waals surface area contributed by atoms with Gasteiger partial charge in [0, 0.05) is 31.7 Å². The molecule has 30 heavy (non-hydrogen) atoms. The lowest BCUT2D eigenvalue weighted by Gasteiger charge is -2.39. The second-order valence-electron chi connectivity index (χ2n) is 8.22. The van der Waals surface area contributed by atoms with E-state index in [1.54, 1.807) is 0 Å². The smallest absolute Gasteiger partial charge is 0.319 e. The zero-order valence-corrected chi connectivity index (χ0v) is 18.6. The van der Waals surface area contributed by atoms with Crippen molar-refractivity contribution in [1.82, 2.24) is 9.80 Å². The molecule has 0 atom stereocenters. The van der Waals surface area contributed by atoms with Gasteiger partial charge in [0.1, 0.15) is 5.84 Å². The van der Waals surface area contributed by atoms with Gasteiger partial charge in [-0.15, -0.1) is 12.4 Å². The number of hydrogen-bond acceptors (Lipinski definition) is 4. The van der Waals surface area contributed by atoms with Gasteiger partial charge in [0.05, 0.1) is 13.0 Å². The largest absolute Gasteiger partial charge is 0.469 e. The molecule has 2 amide bonds. The predicted molar refractivity (Wildman–Crippen MR) is 119 cm³/mol. The number of likely N-dealkylation sites (tertiary alicyclic amines) is 1. The summed E-state index contributed by atoms with van der Waals surface area (Å²) in [5, 5.41) is 7.50. The number of piperidine rings is 1. The number of amides is 2. The molecule has 0 bridgehead atoms. The lowest BCUT2D eigenvalue weighted by molar-refractivity contribution is -0.146. The number of amidine groups is 1. The summed E-state index contributed by atoms with van der Waals surface area (Å²) in [7, 11) is 3.32. The Morgan fingerprint density at radius 2 is 1.63 bits per heavy atom. The van der Waals surface area contributed by atoms with Gasteiger partial charge in [0.15, 0.2) is 0 Å². The van der Waals surface area contributed by atoms with Gasteiger partial charge in [-0.3, -0.25) is 10.2 Å². The number of nitrogens with one attached hydrogen (secondary N) is 1. The molecule has 7 nitrogen and oxygen atoms in total. The first-order valence-electron chi connectivity index (χ1n) is 10.4. The third-order valence-corrected chi connectivity index (χ3v) is 6.54. The number of benzene rings is 1. The third-order valence-electron chi connectivity index (χ3n) is 6.54. The van der Waals surface area contributed by atoms with Crippen LogP contribution >= 0.6 is 12.4 Å². The predicted octanol–water partition coefficient (Wildman–Crippen LogP) is 3.36. The van der Waals surface area contributed by atoms with Crippen LogP contribution in [0.1, 0.15) is 55.6 Å². The van der Waals surface area contributed by atoms with Crippen LogP contribution in [0.4, 0.5) is 4.79 Å². The first-order chi connectivity index (χ1) is 13.9. The molecule has 0 radical (unpaired) electrons. The van der Waals surface area contributed by atoms with Crippen molar-refractivity contribution in [2.75, 3.05) is 27.2 Å². The number of halogens is 1. The maximum Gasteiger partial charge on any atom is 0.319 e. The number of urea groups is 1. The van der Waals surface area contributed by atoms with Crippen LogP contribution in [0, 0.1) is 11.3 Å². The minimum Gasteiger partial charge on any atom is -0.469 e. The average Bonchev–Trinajstić information content (AvgIpc) is 2.77. The van der Waals surface area contributed by atoms with Crippen molar-refractivity contribution in [2.45, 2.75) is 50.5 Å². The van der Waals surface area contributed by atoms with Gasteiger partial charge in [-0.2, -0.15) is 0 Å². The SMILES string of the molecule is COC(=O)[C@H]1CC[C@H](N(C)C(=O)N2CCC(c3ccc(C(=N)N)cc3)CC2)CC1.Cl. The van der Waals surface area contributed by atoms with Crippen molar-refractivity contribution in [3.05, 3.63) is 35.4 Å². The standard InChI is InChI=1S/C22H32N4O3.ClH/c1-25(19-9-7-18(8-10-19)21(27)29-2)22(28)26-13-11-16(12-14-26)15-3-5-17(6-4-15)20(23)24;/h3-6,16,18-19H,7-14H2,1-2H3,(H3,23,24);1H/t18-,19-;. The number of carbonyl (C=O) groups excluding carboxylic acids is 2. The highest BCUT2D eigenvalue weighted by Crippen LogP contribution is 2.31. The first kappa shape index (κ1) is 24.0. The molecule has 0 spiro atoms. The molecule has 1 aromatic rings. The Labute approximate surface area is 184 Å². The maximum absolute atomic E-state index is 13.0. The molecule has 8 heteroatoms. The second-order valence-corrected chi connectivity index (χ2v) is 8.22. The van der Waals surface area contributed by atoms with Crippen LogP contribution in [0.25, 0.3) is 0 Å². The van der Waals surface area contributed by atoms with Gasteiger partial charge in [-0.1, -0.05) is 24.3 Å². The number of rotatable bonds is 4. The number of nitrogens with zero attached hydrogens (tertiary/aromatic N) is 2. The molecule has 2 aliphatic rings. The molecule has 3 rings (SSSR count). The quantitative estimate of drug-likeness (QED) is 0.429. The van der Waals surface area contributed by atoms with E-state index in [-0.39, 0.29) is 42.2 Å². The number of ether oxygens (including phenoxy) is 1. The Balaban J connectivity index is 0.00000320. The van der Waals surface area contributed by atoms with E-state index in [0.29, 0.717) is 5.92 Å². The number of carbonyl (C=O) groups is 2. The van der Waals surface area contributed by atoms with Crippen LogP contribution in [-0.4, -0.2) is 60.9 Å². The van der Waals surface area contributed by atoms with Crippen LogP contribution in [0.3, 0.4) is 0 Å². The van der Waals surface area contributed by atoms with Crippen molar-refractivity contribution < 1.29 is 14.3 Å². The molecule has 0 aromatic heterocycles. The van der Waals surface area contributed by atoms with Crippen LogP contribution in [0.15, 0.2) is 24.3 Å². The van der Waals surface area contributed by atoms with Crippen molar-refractivity contribution in [3.63, 3.8) is 0 Å². The van der Waals surface area contributed by atoms with E-state index in [1.807, 2.05) is 41.1 Å². The topological polar surface area (TPSA) is 99.7 Å². The fraction of sp³-hybridized carbons (Fsp3) is 0.591. The van der Waals surface area contributed by atoms with Gasteiger partial charge in [-0.05, 0) is 50.0 Å². The molecule has 1 aromatic carbocycles. The molecule has 3 N–H and O–H groups in total. The number of nitrogen functional groups attached to an aromatic ring is 1. The molecule has 166 valence electrons. The summed E-state index contributed by atoms with van der Waals surface area (Å²) in [6, 6.07) is 8.17. The summed E-state index contributed by atoms with van der Waals surface area (Å²) in [6.45, 7) is 1.50. The van der Waals surface area contributed by atoms with E-state index in [0.717, 1.165) is 57.2 Å². The Hall–Kier alpha value is -2.28.